The van der Waals surface area contributed by atoms with Crippen LogP contribution in [0.1, 0.15) is 62.1 Å². The van der Waals surface area contributed by atoms with Gasteiger partial charge in [0.15, 0.2) is 0 Å². The maximum Gasteiger partial charge on any atom is 0.231 e. The lowest BCUT2D eigenvalue weighted by atomic mass is 9.68. The summed E-state index contributed by atoms with van der Waals surface area (Å²) < 4.78 is 1.77. The molecule has 0 aliphatic heterocycles. The highest BCUT2D eigenvalue weighted by atomic mass is 16.3. The molecule has 2 fully saturated rings. The second-order valence-electron chi connectivity index (χ2n) is 8.29. The molecule has 2 N–H and O–H groups in total. The Hall–Kier alpha value is -2.14. The number of carbonyl (C=O) groups is 1. The molecule has 144 valence electrons. The van der Waals surface area contributed by atoms with Gasteiger partial charge in [-0.1, -0.05) is 49.6 Å². The summed E-state index contributed by atoms with van der Waals surface area (Å²) >= 11 is 0. The van der Waals surface area contributed by atoms with E-state index >= 15 is 0 Å². The molecule has 0 unspecified atom stereocenters. The van der Waals surface area contributed by atoms with Gasteiger partial charge in [0.2, 0.25) is 5.91 Å². The third kappa shape index (κ3) is 3.53. The highest BCUT2D eigenvalue weighted by Crippen LogP contribution is 2.42. The number of rotatable bonds is 5. The zero-order valence-corrected chi connectivity index (χ0v) is 16.0. The number of aliphatic hydroxyl groups is 1. The van der Waals surface area contributed by atoms with E-state index in [0.717, 1.165) is 49.7 Å². The molecule has 27 heavy (non-hydrogen) atoms. The molecule has 2 aliphatic carbocycles. The van der Waals surface area contributed by atoms with Crippen LogP contribution in [-0.4, -0.2) is 26.9 Å². The molecule has 2 aliphatic rings. The second-order valence-corrected chi connectivity index (χ2v) is 8.29. The Balaban J connectivity index is 1.62. The van der Waals surface area contributed by atoms with E-state index in [1.807, 2.05) is 37.6 Å². The molecule has 1 amide bonds. The average molecular weight is 367 g/mol. The van der Waals surface area contributed by atoms with Crippen molar-refractivity contribution in [2.45, 2.75) is 62.5 Å². The van der Waals surface area contributed by atoms with E-state index in [1.54, 1.807) is 4.68 Å². The molecule has 1 heterocycles. The van der Waals surface area contributed by atoms with Gasteiger partial charge >= 0.3 is 0 Å². The Morgan fingerprint density at radius 3 is 2.52 bits per heavy atom. The van der Waals surface area contributed by atoms with Crippen molar-refractivity contribution < 1.29 is 9.90 Å². The first-order valence-electron chi connectivity index (χ1n) is 10.1. The summed E-state index contributed by atoms with van der Waals surface area (Å²) in [6, 6.07) is 10.2. The van der Waals surface area contributed by atoms with E-state index < -0.39 is 5.41 Å². The van der Waals surface area contributed by atoms with Crippen molar-refractivity contribution in [3.05, 3.63) is 53.9 Å². The van der Waals surface area contributed by atoms with E-state index in [1.165, 1.54) is 6.42 Å². The van der Waals surface area contributed by atoms with E-state index in [-0.39, 0.29) is 24.0 Å². The first-order chi connectivity index (χ1) is 13.1. The van der Waals surface area contributed by atoms with Crippen LogP contribution < -0.4 is 5.32 Å². The third-order valence-electron chi connectivity index (χ3n) is 6.46. The fraction of sp³-hybridized carbons (Fsp3) is 0.545. The van der Waals surface area contributed by atoms with Gasteiger partial charge in [0.25, 0.3) is 0 Å². The Morgan fingerprint density at radius 2 is 1.93 bits per heavy atom. The fourth-order valence-electron chi connectivity index (χ4n) is 4.81. The lowest BCUT2D eigenvalue weighted by molar-refractivity contribution is -0.130. The minimum atomic E-state index is -0.442. The van der Waals surface area contributed by atoms with Crippen molar-refractivity contribution in [2.75, 3.05) is 0 Å². The van der Waals surface area contributed by atoms with E-state index in [0.29, 0.717) is 0 Å². The number of aromatic nitrogens is 2. The smallest absolute Gasteiger partial charge is 0.231 e. The molecular weight excluding hydrogens is 338 g/mol. The van der Waals surface area contributed by atoms with Gasteiger partial charge in [0.1, 0.15) is 0 Å². The number of aliphatic hydroxyl groups excluding tert-OH is 1. The normalized spacial score (nSPS) is 25.4. The molecule has 0 bridgehead atoms. The molecule has 1 atom stereocenters. The number of hydrogen-bond acceptors (Lipinski definition) is 3. The summed E-state index contributed by atoms with van der Waals surface area (Å²) in [5.41, 5.74) is 1.71. The first kappa shape index (κ1) is 18.2. The minimum absolute atomic E-state index is 0.0860. The topological polar surface area (TPSA) is 67.2 Å². The van der Waals surface area contributed by atoms with Crippen LogP contribution in [0.15, 0.2) is 42.7 Å². The highest BCUT2D eigenvalue weighted by Gasteiger charge is 2.44. The predicted octanol–water partition coefficient (Wildman–Crippen LogP) is 3.25. The number of benzene rings is 1. The molecule has 2 saturated carbocycles. The molecular formula is C22H29N3O2. The summed E-state index contributed by atoms with van der Waals surface area (Å²) in [5, 5.41) is 17.5. The van der Waals surface area contributed by atoms with Gasteiger partial charge in [-0.25, -0.2) is 0 Å². The Labute approximate surface area is 160 Å². The minimum Gasteiger partial charge on any atom is -0.393 e. The molecule has 0 spiro atoms. The summed E-state index contributed by atoms with van der Waals surface area (Å²) in [5.74, 6) is 0.396. The molecule has 0 radical (unpaired) electrons. The van der Waals surface area contributed by atoms with Crippen LogP contribution in [0.2, 0.25) is 0 Å². The van der Waals surface area contributed by atoms with Gasteiger partial charge in [0, 0.05) is 18.8 Å². The standard InChI is InChI=1S/C22H29N3O2/c1-25-15-17(14-23-25)20(16-12-19(26)13-16)24-21(27)22(10-6-3-7-11-22)18-8-4-2-5-9-18/h2,4-5,8-9,14-16,19-20,26H,3,6-7,10-13H2,1H3,(H,24,27)/t16?,19?,20-/m1/s1. The molecule has 2 aromatic rings. The largest absolute Gasteiger partial charge is 0.393 e. The number of hydrogen-bond donors (Lipinski definition) is 2. The van der Waals surface area contributed by atoms with Crippen LogP contribution in [0.4, 0.5) is 0 Å². The average Bonchev–Trinajstić information content (AvgIpc) is 3.11. The van der Waals surface area contributed by atoms with E-state index in [2.05, 4.69) is 22.5 Å². The number of nitrogens with zero attached hydrogens (tertiary/aromatic N) is 2. The van der Waals surface area contributed by atoms with Crippen LogP contribution >= 0.6 is 0 Å². The highest BCUT2D eigenvalue weighted by molar-refractivity contribution is 5.88. The van der Waals surface area contributed by atoms with Crippen LogP contribution in [0, 0.1) is 5.92 Å². The van der Waals surface area contributed by atoms with Crippen LogP contribution in [0.5, 0.6) is 0 Å². The fourth-order valence-corrected chi connectivity index (χ4v) is 4.81. The number of carbonyl (C=O) groups excluding carboxylic acids is 1. The molecule has 1 aromatic heterocycles. The van der Waals surface area contributed by atoms with Crippen molar-refractivity contribution in [2.24, 2.45) is 13.0 Å². The zero-order chi connectivity index (χ0) is 18.9. The van der Waals surface area contributed by atoms with Crippen molar-refractivity contribution in [3.8, 4) is 0 Å². The monoisotopic (exact) mass is 367 g/mol. The summed E-state index contributed by atoms with van der Waals surface area (Å²) in [4.78, 5) is 13.6. The Bertz CT molecular complexity index is 774. The van der Waals surface area contributed by atoms with Crippen molar-refractivity contribution in [3.63, 3.8) is 0 Å². The second kappa shape index (κ2) is 7.47. The summed E-state index contributed by atoms with van der Waals surface area (Å²) in [6.07, 6.45) is 10.2. The number of amides is 1. The molecule has 0 saturated heterocycles. The summed E-state index contributed by atoms with van der Waals surface area (Å²) in [7, 11) is 1.89. The van der Waals surface area contributed by atoms with Crippen molar-refractivity contribution >= 4 is 5.91 Å². The van der Waals surface area contributed by atoms with Gasteiger partial charge in [-0.2, -0.15) is 5.10 Å². The van der Waals surface area contributed by atoms with Crippen molar-refractivity contribution in [1.82, 2.24) is 15.1 Å². The molecule has 5 heteroatoms. The van der Waals surface area contributed by atoms with Crippen molar-refractivity contribution in [1.29, 1.82) is 0 Å². The predicted molar refractivity (Wildman–Crippen MR) is 104 cm³/mol. The number of aryl methyl sites for hydroxylation is 1. The molecule has 5 nitrogen and oxygen atoms in total. The van der Waals surface area contributed by atoms with Crippen LogP contribution in [-0.2, 0) is 17.3 Å². The van der Waals surface area contributed by atoms with Crippen LogP contribution in [0.25, 0.3) is 0 Å². The number of nitrogens with one attached hydrogen (secondary N) is 1. The van der Waals surface area contributed by atoms with Gasteiger partial charge in [-0.15, -0.1) is 0 Å². The summed E-state index contributed by atoms with van der Waals surface area (Å²) in [6.45, 7) is 0. The van der Waals surface area contributed by atoms with Gasteiger partial charge in [-0.05, 0) is 37.2 Å². The third-order valence-corrected chi connectivity index (χ3v) is 6.46. The maximum absolute atomic E-state index is 13.6. The van der Waals surface area contributed by atoms with Crippen LogP contribution in [0.3, 0.4) is 0 Å². The van der Waals surface area contributed by atoms with Gasteiger partial charge < -0.3 is 10.4 Å². The lowest BCUT2D eigenvalue weighted by Crippen LogP contribution is -2.50. The zero-order valence-electron chi connectivity index (χ0n) is 16.0. The Morgan fingerprint density at radius 1 is 1.22 bits per heavy atom. The van der Waals surface area contributed by atoms with Gasteiger partial charge in [0.05, 0.1) is 23.8 Å². The van der Waals surface area contributed by atoms with Gasteiger partial charge in [-0.3, -0.25) is 9.48 Å². The van der Waals surface area contributed by atoms with E-state index in [4.69, 9.17) is 0 Å². The maximum atomic E-state index is 13.6. The lowest BCUT2D eigenvalue weighted by Gasteiger charge is -2.41. The SMILES string of the molecule is Cn1cc([C@H](NC(=O)C2(c3ccccc3)CCCCC2)C2CC(O)C2)cn1. The first-order valence-corrected chi connectivity index (χ1v) is 10.1. The quantitative estimate of drug-likeness (QED) is 0.852. The molecule has 1 aromatic carbocycles. The van der Waals surface area contributed by atoms with E-state index in [9.17, 15) is 9.90 Å². The Kier molecular flexibility index (Phi) is 5.04. The molecule has 4 rings (SSSR count).